The van der Waals surface area contributed by atoms with Crippen molar-refractivity contribution in [1.29, 1.82) is 0 Å². The molecule has 0 spiro atoms. The number of rotatable bonds is 105. The van der Waals surface area contributed by atoms with Gasteiger partial charge in [-0.05, 0) is 432 Å². The van der Waals surface area contributed by atoms with Crippen molar-refractivity contribution in [3.63, 3.8) is 0 Å². The lowest BCUT2D eigenvalue weighted by atomic mass is 9.75. The molecule has 2 N–H and O–H groups in total. The van der Waals surface area contributed by atoms with Crippen LogP contribution in [0.2, 0.25) is 0 Å². The zero-order valence-electron chi connectivity index (χ0n) is 91.1. The average Bonchev–Trinajstić information content (AvgIpc) is 0.884. The Morgan fingerprint density at radius 1 is 0.0915 bits per heavy atom. The van der Waals surface area contributed by atoms with Crippen molar-refractivity contribution in [2.45, 2.75) is 231 Å². The molecular weight excluding hydrogens is 1710 g/mol. The first-order chi connectivity index (χ1) is 68.6. The Hall–Kier alpha value is -8.92. The van der Waals surface area contributed by atoms with Gasteiger partial charge in [0.25, 0.3) is 0 Å². The topological polar surface area (TPSA) is 40.5 Å². The van der Waals surface area contributed by atoms with Gasteiger partial charge in [-0.2, -0.15) is 0 Å². The molecular formula is C140H214O2. The van der Waals surface area contributed by atoms with Crippen molar-refractivity contribution in [2.24, 2.45) is 201 Å². The van der Waals surface area contributed by atoms with Crippen molar-refractivity contribution in [2.75, 3.05) is 13.2 Å². The van der Waals surface area contributed by atoms with Crippen LogP contribution in [0.1, 0.15) is 231 Å². The van der Waals surface area contributed by atoms with Crippen LogP contribution in [-0.4, -0.2) is 23.4 Å². The van der Waals surface area contributed by atoms with E-state index in [1.54, 1.807) is 0 Å². The fraction of sp³-hybridized carbons (Fsp3) is 0.514. The van der Waals surface area contributed by atoms with Crippen molar-refractivity contribution < 1.29 is 10.2 Å². The summed E-state index contributed by atoms with van der Waals surface area (Å²) in [5.41, 5.74) is 0. The summed E-state index contributed by atoms with van der Waals surface area (Å²) >= 11 is 0. The van der Waals surface area contributed by atoms with Gasteiger partial charge in [0, 0.05) is 13.2 Å². The molecule has 0 aromatic carbocycles. The maximum absolute atomic E-state index is 9.60. The molecule has 2 heteroatoms. The molecule has 0 aliphatic carbocycles. The average molecular weight is 1930 g/mol. The molecule has 34 atom stereocenters. The van der Waals surface area contributed by atoms with Crippen LogP contribution in [-0.2, 0) is 0 Å². The fourth-order valence-corrected chi connectivity index (χ4v) is 23.3. The van der Waals surface area contributed by atoms with E-state index in [4.69, 9.17) is 0 Å². The standard InChI is InChI=1S/C140H214O2/c1-35-107(70-69-72-141)74-109(37-3)76-111(39-5)78-113(41-7)80-115(43-9)82-117(45-11)84-119(47-13)86-121(49-15)88-123(51-17)90-125(53-19)92-127(55-21)94-129(57-23)96-131(59-25)98-133(61-27)100-135(63-29)102-137(65-31)104-139(67-33)106-140(68-34)105-138(66-32)103-136(64-30)101-134(62-28)99-132(60-26)97-130(58-24)95-128(56-22)93-126(54-20)91-124(52-18)89-122(50-16)87-120(48-14)85-118(46-12)83-116(44-10)81-114(42-8)79-112(40-6)77-110(38-4)75-108(36-2)71-73-142/h35-68,107-142H,1-34,69-106H2. The number of aliphatic hydroxyl groups excluding tert-OH is 2. The second-order valence-electron chi connectivity index (χ2n) is 43.0. The monoisotopic (exact) mass is 1930 g/mol. The van der Waals surface area contributed by atoms with Crippen molar-refractivity contribution in [1.82, 2.24) is 0 Å². The summed E-state index contributed by atoms with van der Waals surface area (Å²) < 4.78 is 0. The zero-order chi connectivity index (χ0) is 107. The van der Waals surface area contributed by atoms with E-state index < -0.39 is 0 Å². The number of aliphatic hydroxyl groups is 2. The molecule has 0 aromatic rings. The molecule has 0 saturated heterocycles. The van der Waals surface area contributed by atoms with Crippen LogP contribution >= 0.6 is 0 Å². The highest BCUT2D eigenvalue weighted by atomic mass is 16.3. The maximum Gasteiger partial charge on any atom is 0.0436 e. The molecule has 0 aromatic heterocycles. The number of hydrogen-bond acceptors (Lipinski definition) is 2. The lowest BCUT2D eigenvalue weighted by Crippen LogP contribution is -2.18. The minimum atomic E-state index is 0.161. The predicted octanol–water partition coefficient (Wildman–Crippen LogP) is 40.3. The van der Waals surface area contributed by atoms with E-state index in [-0.39, 0.29) is 102 Å². The second-order valence-corrected chi connectivity index (χ2v) is 43.0. The molecule has 0 fully saturated rings. The third-order valence-electron chi connectivity index (χ3n) is 32.5. The van der Waals surface area contributed by atoms with Crippen LogP contribution in [0.15, 0.2) is 430 Å². The van der Waals surface area contributed by atoms with Crippen LogP contribution in [0.5, 0.6) is 0 Å². The van der Waals surface area contributed by atoms with Crippen LogP contribution in [0.4, 0.5) is 0 Å². The Balaban J connectivity index is 5.93. The maximum atomic E-state index is 9.60. The molecule has 34 unspecified atom stereocenters. The Kier molecular flexibility index (Phi) is 78.0. The van der Waals surface area contributed by atoms with E-state index in [0.717, 1.165) is 231 Å². The van der Waals surface area contributed by atoms with E-state index in [2.05, 4.69) is 418 Å². The van der Waals surface area contributed by atoms with E-state index in [0.29, 0.717) is 112 Å². The highest BCUT2D eigenvalue weighted by molar-refractivity contribution is 5.09. The summed E-state index contributed by atoms with van der Waals surface area (Å²) in [6.45, 7) is 148. The summed E-state index contributed by atoms with van der Waals surface area (Å²) in [6, 6.07) is 0. The normalized spacial score (nSPS) is 18.6. The molecule has 0 heterocycles. The molecule has 0 amide bonds. The summed E-state index contributed by atoms with van der Waals surface area (Å²) in [7, 11) is 0. The van der Waals surface area contributed by atoms with Gasteiger partial charge in [0.15, 0.2) is 0 Å². The van der Waals surface area contributed by atoms with Crippen molar-refractivity contribution in [3.05, 3.63) is 430 Å². The minimum absolute atomic E-state index is 0.161. The molecule has 2 nitrogen and oxygen atoms in total. The molecule has 0 radical (unpaired) electrons. The van der Waals surface area contributed by atoms with E-state index >= 15 is 0 Å². The van der Waals surface area contributed by atoms with Gasteiger partial charge in [-0.15, -0.1) is 224 Å². The summed E-state index contributed by atoms with van der Waals surface area (Å²) in [4.78, 5) is 0. The Morgan fingerprint density at radius 3 is 0.211 bits per heavy atom. The molecule has 0 rings (SSSR count). The lowest BCUT2D eigenvalue weighted by molar-refractivity contribution is 0.256. The van der Waals surface area contributed by atoms with Gasteiger partial charge in [-0.25, -0.2) is 0 Å². The zero-order valence-corrected chi connectivity index (χ0v) is 91.1. The number of allylic oxidation sites excluding steroid dienone is 34. The fourth-order valence-electron chi connectivity index (χ4n) is 23.3. The lowest BCUT2D eigenvalue weighted by Gasteiger charge is -2.29. The van der Waals surface area contributed by atoms with Gasteiger partial charge >= 0.3 is 0 Å². The van der Waals surface area contributed by atoms with Gasteiger partial charge in [-0.1, -0.05) is 207 Å². The summed E-state index contributed by atoms with van der Waals surface area (Å²) in [5, 5.41) is 19.1. The third kappa shape index (κ3) is 56.5. The molecule has 786 valence electrons. The quantitative estimate of drug-likeness (QED) is 0.0596. The van der Waals surface area contributed by atoms with Crippen LogP contribution in [0, 0.1) is 201 Å². The van der Waals surface area contributed by atoms with Gasteiger partial charge in [0.2, 0.25) is 0 Å². The van der Waals surface area contributed by atoms with Crippen molar-refractivity contribution >= 4 is 0 Å². The molecule has 0 bridgehead atoms. The van der Waals surface area contributed by atoms with E-state index in [1.165, 1.54) is 0 Å². The van der Waals surface area contributed by atoms with Crippen LogP contribution in [0.25, 0.3) is 0 Å². The Bertz CT molecular complexity index is 3520. The SMILES string of the molecule is C=CC(CCO)CC(C=C)CC(C=C)CC(C=C)CC(C=C)CC(C=C)CC(C=C)CC(C=C)CC(C=C)CC(C=C)CC(C=C)CC(C=C)CC(C=C)CC(C=C)CC(C=C)CC(C=C)CC(C=C)CC(C=C)CC(C=C)CC(C=C)CC(C=C)CC(C=C)CC(C=C)CC(C=C)CC(C=C)CC(C=C)CC(C=C)CC(C=C)CC(C=C)CC(C=C)CC(C=C)CC(C=C)CC(C=C)CC(C=C)CCCO. The molecule has 0 aliphatic heterocycles. The van der Waals surface area contributed by atoms with E-state index in [9.17, 15) is 10.2 Å². The first-order valence-electron chi connectivity index (χ1n) is 55.1. The van der Waals surface area contributed by atoms with Gasteiger partial charge < -0.3 is 10.2 Å². The second kappa shape index (κ2) is 83.3. The molecule has 0 saturated carbocycles. The van der Waals surface area contributed by atoms with Crippen LogP contribution in [0.3, 0.4) is 0 Å². The van der Waals surface area contributed by atoms with Gasteiger partial charge in [0.1, 0.15) is 0 Å². The molecule has 142 heavy (non-hydrogen) atoms. The minimum Gasteiger partial charge on any atom is -0.396 e. The Labute approximate surface area is 880 Å². The summed E-state index contributed by atoms with van der Waals surface area (Å²) in [5.74, 6) is 10.2. The van der Waals surface area contributed by atoms with Gasteiger partial charge in [-0.3, -0.25) is 0 Å². The summed E-state index contributed by atoms with van der Waals surface area (Å²) in [6.07, 6.45) is 107. The van der Waals surface area contributed by atoms with Gasteiger partial charge in [0.05, 0.1) is 0 Å². The number of hydrogen-bond donors (Lipinski definition) is 2. The van der Waals surface area contributed by atoms with E-state index in [1.807, 2.05) is 12.2 Å². The highest BCUT2D eigenvalue weighted by Crippen LogP contribution is 2.44. The smallest absolute Gasteiger partial charge is 0.0436 e. The third-order valence-corrected chi connectivity index (χ3v) is 32.5. The molecule has 0 aliphatic rings. The first kappa shape index (κ1) is 133. The van der Waals surface area contributed by atoms with Crippen LogP contribution < -0.4 is 0 Å². The largest absolute Gasteiger partial charge is 0.396 e. The Morgan fingerprint density at radius 2 is 0.155 bits per heavy atom. The van der Waals surface area contributed by atoms with Crippen molar-refractivity contribution in [3.8, 4) is 0 Å². The predicted molar refractivity (Wildman–Crippen MR) is 646 cm³/mol. The highest BCUT2D eigenvalue weighted by Gasteiger charge is 2.32. The first-order valence-corrected chi connectivity index (χ1v) is 55.1.